The summed E-state index contributed by atoms with van der Waals surface area (Å²) in [5, 5.41) is 4.56. The number of carbonyl (C=O) groups excluding carboxylic acids is 2. The molecular weight excluding hydrogens is 357 g/mol. The molecule has 0 spiro atoms. The average Bonchev–Trinajstić information content (AvgIpc) is 3.15. The zero-order chi connectivity index (χ0) is 17.3. The van der Waals surface area contributed by atoms with Gasteiger partial charge in [-0.05, 0) is 24.3 Å². The number of hydrogen-bond donors (Lipinski definition) is 2. The van der Waals surface area contributed by atoms with Crippen LogP contribution in [-0.2, 0) is 0 Å². The highest BCUT2D eigenvalue weighted by atomic mass is 35.5. The molecule has 0 radical (unpaired) electrons. The summed E-state index contributed by atoms with van der Waals surface area (Å²) >= 11 is 6.78. The number of nitrogens with zero attached hydrogens (tertiary/aromatic N) is 1. The number of amides is 2. The fraction of sp³-hybridized carbons (Fsp3) is 0. The Morgan fingerprint density at radius 3 is 2.79 bits per heavy atom. The number of furan rings is 1. The minimum absolute atomic E-state index is 0.148. The molecule has 3 N–H and O–H groups in total. The predicted molar refractivity (Wildman–Crippen MR) is 87.7 cm³/mol. The van der Waals surface area contributed by atoms with E-state index < -0.39 is 17.6 Å². The summed E-state index contributed by atoms with van der Waals surface area (Å²) in [6.45, 7) is 0. The van der Waals surface area contributed by atoms with Crippen molar-refractivity contribution in [3.05, 3.63) is 57.9 Å². The second kappa shape index (κ2) is 6.42. The van der Waals surface area contributed by atoms with Gasteiger partial charge in [0.15, 0.2) is 10.9 Å². The maximum Gasteiger partial charge on any atom is 0.260 e. The zero-order valence-corrected chi connectivity index (χ0v) is 13.5. The minimum atomic E-state index is -0.728. The van der Waals surface area contributed by atoms with E-state index in [1.807, 2.05) is 0 Å². The lowest BCUT2D eigenvalue weighted by atomic mass is 10.2. The third-order valence-electron chi connectivity index (χ3n) is 3.04. The normalized spacial score (nSPS) is 10.6. The molecule has 9 heteroatoms. The number of primary amides is 1. The van der Waals surface area contributed by atoms with E-state index in [1.54, 1.807) is 5.38 Å². The minimum Gasteiger partial charge on any atom is -0.462 e. The summed E-state index contributed by atoms with van der Waals surface area (Å²) in [5.74, 6) is -1.67. The molecule has 0 unspecified atom stereocenters. The van der Waals surface area contributed by atoms with E-state index in [9.17, 15) is 14.0 Å². The summed E-state index contributed by atoms with van der Waals surface area (Å²) in [6, 6.07) is 5.20. The lowest BCUT2D eigenvalue weighted by Crippen LogP contribution is -2.13. The van der Waals surface area contributed by atoms with Crippen molar-refractivity contribution < 1.29 is 18.4 Å². The van der Waals surface area contributed by atoms with E-state index in [0.29, 0.717) is 11.5 Å². The molecule has 2 amide bonds. The van der Waals surface area contributed by atoms with E-state index in [1.165, 1.54) is 24.5 Å². The first kappa shape index (κ1) is 16.2. The highest BCUT2D eigenvalue weighted by molar-refractivity contribution is 7.14. The molecule has 2 aromatic heterocycles. The molecule has 24 heavy (non-hydrogen) atoms. The van der Waals surface area contributed by atoms with Gasteiger partial charge in [0.25, 0.3) is 11.8 Å². The summed E-state index contributed by atoms with van der Waals surface area (Å²) in [6.07, 6.45) is 1.22. The molecule has 0 bridgehead atoms. The van der Waals surface area contributed by atoms with Gasteiger partial charge in [0.1, 0.15) is 17.8 Å². The number of halogens is 2. The molecule has 0 aliphatic heterocycles. The van der Waals surface area contributed by atoms with Crippen molar-refractivity contribution >= 4 is 39.9 Å². The van der Waals surface area contributed by atoms with Crippen LogP contribution in [-0.4, -0.2) is 16.8 Å². The number of nitrogens with one attached hydrogen (secondary N) is 1. The number of carbonyl (C=O) groups is 2. The Kier molecular flexibility index (Phi) is 4.32. The van der Waals surface area contributed by atoms with Crippen molar-refractivity contribution in [3.8, 4) is 11.5 Å². The molecule has 1 aromatic carbocycles. The van der Waals surface area contributed by atoms with Crippen molar-refractivity contribution in [3.63, 3.8) is 0 Å². The maximum absolute atomic E-state index is 13.7. The van der Waals surface area contributed by atoms with Gasteiger partial charge >= 0.3 is 0 Å². The van der Waals surface area contributed by atoms with Crippen LogP contribution < -0.4 is 11.1 Å². The Bertz CT molecular complexity index is 938. The summed E-state index contributed by atoms with van der Waals surface area (Å²) < 4.78 is 18.9. The maximum atomic E-state index is 13.7. The standard InChI is InChI=1S/C15H9ClFN3O3S/c16-8-1-2-9(10(17)4-8)14(22)20-15-19-11(6-24-15)12-3-7(5-23-12)13(18)21/h1-6H,(H2,18,21)(H,19,20,22). The number of benzene rings is 1. The molecule has 3 aromatic rings. The average molecular weight is 366 g/mol. The van der Waals surface area contributed by atoms with Gasteiger partial charge in [0.2, 0.25) is 0 Å². The molecule has 3 rings (SSSR count). The third-order valence-corrected chi connectivity index (χ3v) is 4.03. The Balaban J connectivity index is 1.78. The molecule has 0 saturated heterocycles. The SMILES string of the molecule is NC(=O)c1coc(-c2csc(NC(=O)c3ccc(Cl)cc3F)n2)c1. The Morgan fingerprint density at radius 1 is 1.33 bits per heavy atom. The second-order valence-corrected chi connectivity index (χ2v) is 5.97. The van der Waals surface area contributed by atoms with Crippen molar-refractivity contribution in [1.82, 2.24) is 4.98 Å². The van der Waals surface area contributed by atoms with Gasteiger partial charge in [-0.25, -0.2) is 9.37 Å². The lowest BCUT2D eigenvalue weighted by Gasteiger charge is -2.03. The molecule has 2 heterocycles. The topological polar surface area (TPSA) is 98.2 Å². The van der Waals surface area contributed by atoms with Crippen LogP contribution in [0.4, 0.5) is 9.52 Å². The molecule has 0 saturated carbocycles. The van der Waals surface area contributed by atoms with Gasteiger partial charge in [-0.1, -0.05) is 11.6 Å². The molecule has 0 atom stereocenters. The van der Waals surface area contributed by atoms with Crippen molar-refractivity contribution in [2.24, 2.45) is 5.73 Å². The van der Waals surface area contributed by atoms with Gasteiger partial charge in [-0.2, -0.15) is 0 Å². The van der Waals surface area contributed by atoms with E-state index >= 15 is 0 Å². The molecule has 6 nitrogen and oxygen atoms in total. The number of aromatic nitrogens is 1. The summed E-state index contributed by atoms with van der Waals surface area (Å²) in [4.78, 5) is 27.3. The lowest BCUT2D eigenvalue weighted by molar-refractivity contribution is 0.0996. The van der Waals surface area contributed by atoms with Crippen LogP contribution in [0.2, 0.25) is 5.02 Å². The van der Waals surface area contributed by atoms with Crippen LogP contribution in [0.3, 0.4) is 0 Å². The van der Waals surface area contributed by atoms with Crippen LogP contribution in [0.1, 0.15) is 20.7 Å². The van der Waals surface area contributed by atoms with Gasteiger partial charge in [-0.3, -0.25) is 14.9 Å². The smallest absolute Gasteiger partial charge is 0.260 e. The van der Waals surface area contributed by atoms with Gasteiger partial charge in [0, 0.05) is 10.4 Å². The number of anilines is 1. The van der Waals surface area contributed by atoms with Crippen LogP contribution in [0.15, 0.2) is 40.3 Å². The number of hydrogen-bond acceptors (Lipinski definition) is 5. The number of thiazole rings is 1. The monoisotopic (exact) mass is 365 g/mol. The fourth-order valence-corrected chi connectivity index (χ4v) is 2.74. The first-order chi connectivity index (χ1) is 11.4. The highest BCUT2D eigenvalue weighted by Crippen LogP contribution is 2.27. The second-order valence-electron chi connectivity index (χ2n) is 4.68. The van der Waals surface area contributed by atoms with Gasteiger partial charge < -0.3 is 10.2 Å². The van der Waals surface area contributed by atoms with E-state index in [2.05, 4.69) is 10.3 Å². The van der Waals surface area contributed by atoms with Crippen LogP contribution >= 0.6 is 22.9 Å². The quantitative estimate of drug-likeness (QED) is 0.738. The van der Waals surface area contributed by atoms with Crippen molar-refractivity contribution in [2.45, 2.75) is 0 Å². The fourth-order valence-electron chi connectivity index (χ4n) is 1.88. The van der Waals surface area contributed by atoms with Crippen LogP contribution in [0.25, 0.3) is 11.5 Å². The molecule has 0 fully saturated rings. The Labute approximate surface area is 144 Å². The largest absolute Gasteiger partial charge is 0.462 e. The summed E-state index contributed by atoms with van der Waals surface area (Å²) in [5.41, 5.74) is 5.63. The predicted octanol–water partition coefficient (Wildman–Crippen LogP) is 3.55. The van der Waals surface area contributed by atoms with Crippen molar-refractivity contribution in [2.75, 3.05) is 5.32 Å². The number of nitrogens with two attached hydrogens (primary N) is 1. The zero-order valence-electron chi connectivity index (χ0n) is 11.9. The van der Waals surface area contributed by atoms with Crippen LogP contribution in [0.5, 0.6) is 0 Å². The Hall–Kier alpha value is -2.71. The molecule has 122 valence electrons. The summed E-state index contributed by atoms with van der Waals surface area (Å²) in [7, 11) is 0. The van der Waals surface area contributed by atoms with E-state index in [0.717, 1.165) is 17.4 Å². The molecule has 0 aliphatic rings. The molecular formula is C15H9ClFN3O3S. The first-order valence-corrected chi connectivity index (χ1v) is 7.80. The van der Waals surface area contributed by atoms with E-state index in [4.69, 9.17) is 21.8 Å². The van der Waals surface area contributed by atoms with Crippen molar-refractivity contribution in [1.29, 1.82) is 0 Å². The third kappa shape index (κ3) is 3.29. The highest BCUT2D eigenvalue weighted by Gasteiger charge is 2.16. The Morgan fingerprint density at radius 2 is 2.12 bits per heavy atom. The van der Waals surface area contributed by atoms with Gasteiger partial charge in [-0.15, -0.1) is 11.3 Å². The van der Waals surface area contributed by atoms with Crippen LogP contribution in [0, 0.1) is 5.82 Å². The number of rotatable bonds is 4. The van der Waals surface area contributed by atoms with E-state index in [-0.39, 0.29) is 21.3 Å². The first-order valence-electron chi connectivity index (χ1n) is 6.54. The van der Waals surface area contributed by atoms with Gasteiger partial charge in [0.05, 0.1) is 11.1 Å². The molecule has 0 aliphatic carbocycles.